The number of hydrogen-bond acceptors (Lipinski definition) is 5. The lowest BCUT2D eigenvalue weighted by Crippen LogP contribution is -2.50. The summed E-state index contributed by atoms with van der Waals surface area (Å²) in [6.07, 6.45) is 3.94. The number of rotatable bonds is 9. The van der Waals surface area contributed by atoms with Crippen LogP contribution in [0.15, 0.2) is 22.9 Å². The van der Waals surface area contributed by atoms with Crippen LogP contribution in [0.3, 0.4) is 0 Å². The first-order chi connectivity index (χ1) is 15.3. The Hall–Kier alpha value is -1.67. The van der Waals surface area contributed by atoms with E-state index >= 15 is 0 Å². The second-order valence-corrected chi connectivity index (χ2v) is 9.98. The summed E-state index contributed by atoms with van der Waals surface area (Å²) in [4.78, 5) is 32.9. The highest BCUT2D eigenvalue weighted by Gasteiger charge is 2.28. The minimum absolute atomic E-state index is 0.00750. The summed E-state index contributed by atoms with van der Waals surface area (Å²) in [5.41, 5.74) is 8.03. The van der Waals surface area contributed by atoms with Gasteiger partial charge in [0, 0.05) is 38.1 Å². The highest BCUT2D eigenvalue weighted by Crippen LogP contribution is 2.25. The highest BCUT2D eigenvalue weighted by atomic mass is 35.5. The lowest BCUT2D eigenvalue weighted by Gasteiger charge is -2.40. The second kappa shape index (κ2) is 11.5. The average molecular weight is 497 g/mol. The third-order valence-electron chi connectivity index (χ3n) is 6.23. The summed E-state index contributed by atoms with van der Waals surface area (Å²) in [6.45, 7) is 6.43. The quantitative estimate of drug-likeness (QED) is 0.364. The lowest BCUT2D eigenvalue weighted by atomic mass is 9.98. The molecule has 2 amide bonds. The summed E-state index contributed by atoms with van der Waals surface area (Å²) in [6, 6.07) is 3.88. The zero-order valence-electron chi connectivity index (χ0n) is 18.5. The third-order valence-corrected chi connectivity index (χ3v) is 7.42. The number of nitrogens with zero attached hydrogens (tertiary/aromatic N) is 3. The first kappa shape index (κ1) is 25.0. The van der Waals surface area contributed by atoms with E-state index in [0.717, 1.165) is 49.9 Å². The van der Waals surface area contributed by atoms with Gasteiger partial charge in [0.05, 0.1) is 5.56 Å². The molecule has 1 aliphatic heterocycles. The number of pyridine rings is 1. The number of likely N-dealkylation sites (tertiary alicyclic amines) is 1. The fourth-order valence-electron chi connectivity index (χ4n) is 4.40. The first-order valence-electron chi connectivity index (χ1n) is 10.9. The van der Waals surface area contributed by atoms with Gasteiger partial charge in [0.1, 0.15) is 10.3 Å². The number of nitrogens with two attached hydrogens (primary N) is 1. The number of urea groups is 1. The smallest absolute Gasteiger partial charge is 0.315 e. The Bertz CT molecular complexity index is 907. The largest absolute Gasteiger partial charge is 0.351 e. The number of aromatic nitrogens is 1. The Kier molecular flexibility index (Phi) is 8.94. The molecule has 9 heteroatoms. The number of amides is 2. The van der Waals surface area contributed by atoms with Crippen LogP contribution in [0, 0.1) is 6.92 Å². The van der Waals surface area contributed by atoms with Gasteiger partial charge in [-0.1, -0.05) is 23.2 Å². The van der Waals surface area contributed by atoms with Gasteiger partial charge in [0.15, 0.2) is 5.78 Å². The maximum Gasteiger partial charge on any atom is 0.315 e. The number of carbonyl (C=O) groups excluding carboxylic acids is 2. The minimum atomic E-state index is -0.355. The Morgan fingerprint density at radius 2 is 2.06 bits per heavy atom. The first-order valence-corrected chi connectivity index (χ1v) is 12.6. The van der Waals surface area contributed by atoms with E-state index < -0.39 is 0 Å². The molecule has 0 unspecified atom stereocenters. The van der Waals surface area contributed by atoms with E-state index in [2.05, 4.69) is 22.2 Å². The van der Waals surface area contributed by atoms with Gasteiger partial charge in [-0.25, -0.2) is 9.78 Å². The molecule has 32 heavy (non-hydrogen) atoms. The van der Waals surface area contributed by atoms with Crippen molar-refractivity contribution in [1.82, 2.24) is 14.8 Å². The maximum absolute atomic E-state index is 12.6. The minimum Gasteiger partial charge on any atom is -0.351 e. The normalized spacial score (nSPS) is 16.1. The topological polar surface area (TPSA) is 79.5 Å². The molecular formula is C23H30Cl2N4O2S. The van der Waals surface area contributed by atoms with Crippen molar-refractivity contribution in [2.24, 2.45) is 5.73 Å². The van der Waals surface area contributed by atoms with E-state index in [1.54, 1.807) is 22.3 Å². The molecule has 3 rings (SSSR count). The van der Waals surface area contributed by atoms with Crippen molar-refractivity contribution in [3.8, 4) is 0 Å². The van der Waals surface area contributed by atoms with Crippen molar-refractivity contribution in [2.75, 3.05) is 13.1 Å². The number of aryl methyl sites for hydroxylation is 1. The van der Waals surface area contributed by atoms with Crippen LogP contribution < -0.4 is 5.73 Å². The van der Waals surface area contributed by atoms with Gasteiger partial charge in [0.25, 0.3) is 0 Å². The molecule has 0 spiro atoms. The maximum atomic E-state index is 12.6. The number of Topliss-reactive ketones (excluding diaryl/α,β-unsaturated/α-hetero) is 1. The molecule has 174 valence electrons. The Balaban J connectivity index is 1.46. The number of piperidine rings is 1. The molecule has 6 nitrogen and oxygen atoms in total. The van der Waals surface area contributed by atoms with E-state index in [1.165, 1.54) is 0 Å². The highest BCUT2D eigenvalue weighted by molar-refractivity contribution is 7.07. The predicted molar refractivity (Wildman–Crippen MR) is 131 cm³/mol. The number of ketones is 1. The van der Waals surface area contributed by atoms with Crippen molar-refractivity contribution < 1.29 is 9.59 Å². The van der Waals surface area contributed by atoms with Crippen LogP contribution in [0.5, 0.6) is 0 Å². The zero-order chi connectivity index (χ0) is 23.3. The van der Waals surface area contributed by atoms with Crippen LogP contribution in [0.1, 0.15) is 60.5 Å². The van der Waals surface area contributed by atoms with Crippen LogP contribution in [0.2, 0.25) is 10.3 Å². The predicted octanol–water partition coefficient (Wildman–Crippen LogP) is 5.55. The molecule has 1 fully saturated rings. The van der Waals surface area contributed by atoms with Crippen LogP contribution >= 0.6 is 34.5 Å². The molecule has 0 aliphatic carbocycles. The molecular weight excluding hydrogens is 467 g/mol. The number of primary amides is 1. The molecule has 0 aromatic carbocycles. The van der Waals surface area contributed by atoms with Crippen molar-refractivity contribution in [2.45, 2.75) is 64.6 Å². The molecule has 0 saturated carbocycles. The molecule has 1 aliphatic rings. The summed E-state index contributed by atoms with van der Waals surface area (Å²) in [5.74, 6) is 0.00750. The van der Waals surface area contributed by atoms with Gasteiger partial charge in [-0.15, -0.1) is 0 Å². The number of carbonyl (C=O) groups is 2. The molecule has 2 aromatic heterocycles. The Morgan fingerprint density at radius 3 is 2.66 bits per heavy atom. The van der Waals surface area contributed by atoms with E-state index in [-0.39, 0.29) is 23.0 Å². The number of hydrogen-bond donors (Lipinski definition) is 1. The molecule has 0 radical (unpaired) electrons. The van der Waals surface area contributed by atoms with Crippen LogP contribution in [0.4, 0.5) is 4.79 Å². The van der Waals surface area contributed by atoms with Gasteiger partial charge >= 0.3 is 6.03 Å². The number of halogens is 2. The van der Waals surface area contributed by atoms with Crippen LogP contribution in [-0.2, 0) is 6.54 Å². The van der Waals surface area contributed by atoms with Gasteiger partial charge in [-0.05, 0) is 73.6 Å². The fraction of sp³-hybridized carbons (Fsp3) is 0.522. The monoisotopic (exact) mass is 496 g/mol. The zero-order valence-corrected chi connectivity index (χ0v) is 20.8. The Labute approximate surface area is 203 Å². The summed E-state index contributed by atoms with van der Waals surface area (Å²) in [5, 5.41) is 4.55. The molecule has 1 atom stereocenters. The van der Waals surface area contributed by atoms with Crippen molar-refractivity contribution in [3.05, 3.63) is 49.9 Å². The lowest BCUT2D eigenvalue weighted by molar-refractivity contribution is 0.0929. The molecule has 0 bridgehead atoms. The number of thiophene rings is 1. The SMILES string of the molecule is Cc1cc(Cl)nc(Cl)c1C(=O)CCC[C@@H](C)N1CCC(N(Cc2ccsc2)C(N)=O)CC1. The van der Waals surface area contributed by atoms with E-state index in [0.29, 0.717) is 29.7 Å². The van der Waals surface area contributed by atoms with Gasteiger partial charge < -0.3 is 15.5 Å². The van der Waals surface area contributed by atoms with Crippen molar-refractivity contribution in [1.29, 1.82) is 0 Å². The summed E-state index contributed by atoms with van der Waals surface area (Å²) in [7, 11) is 0. The van der Waals surface area contributed by atoms with Gasteiger partial charge in [-0.2, -0.15) is 11.3 Å². The van der Waals surface area contributed by atoms with Crippen LogP contribution in [-0.4, -0.2) is 51.8 Å². The summed E-state index contributed by atoms with van der Waals surface area (Å²) >= 11 is 13.7. The van der Waals surface area contributed by atoms with E-state index in [4.69, 9.17) is 28.9 Å². The summed E-state index contributed by atoms with van der Waals surface area (Å²) < 4.78 is 0. The third kappa shape index (κ3) is 6.44. The standard InChI is InChI=1S/C23H30Cl2N4O2S/c1-15-12-20(24)27-22(25)21(15)19(30)5-3-4-16(2)28-9-6-18(7-10-28)29(23(26)31)13-17-8-11-32-14-17/h8,11-12,14,16,18H,3-7,9-10,13H2,1-2H3,(H2,26,31)/t16-/m1/s1. The molecule has 3 heterocycles. The van der Waals surface area contributed by atoms with Crippen molar-refractivity contribution in [3.63, 3.8) is 0 Å². The van der Waals surface area contributed by atoms with Gasteiger partial charge in [-0.3, -0.25) is 4.79 Å². The second-order valence-electron chi connectivity index (χ2n) is 8.46. The molecule has 2 aromatic rings. The Morgan fingerprint density at radius 1 is 1.34 bits per heavy atom. The van der Waals surface area contributed by atoms with Crippen molar-refractivity contribution >= 4 is 46.4 Å². The van der Waals surface area contributed by atoms with Crippen LogP contribution in [0.25, 0.3) is 0 Å². The van der Waals surface area contributed by atoms with E-state index in [9.17, 15) is 9.59 Å². The van der Waals surface area contributed by atoms with E-state index in [1.807, 2.05) is 18.4 Å². The fourth-order valence-corrected chi connectivity index (χ4v) is 5.70. The molecule has 2 N–H and O–H groups in total. The molecule has 1 saturated heterocycles. The average Bonchev–Trinajstić information content (AvgIpc) is 3.24. The van der Waals surface area contributed by atoms with Gasteiger partial charge in [0.2, 0.25) is 0 Å².